The molecule has 1 aliphatic rings. The third kappa shape index (κ3) is 10.7. The Kier molecular flexibility index (Phi) is 14.2. The zero-order valence-electron chi connectivity index (χ0n) is 21.0. The SMILES string of the molecule is CC(C)OC(=O)CCC/C=C\C[C@@H]1[C@@H](CC[C@@H](O)CCc2ccccc2)[C@H](O)C[C@@H]1O.[H-].[Li+]. The Hall–Kier alpha value is -1.09. The first-order valence-corrected chi connectivity index (χ1v) is 11.8. The fraction of sp³-hybridized carbons (Fsp3) is 0.654. The number of esters is 1. The maximum absolute atomic E-state index is 11.5. The van der Waals surface area contributed by atoms with E-state index < -0.39 is 18.3 Å². The van der Waals surface area contributed by atoms with Gasteiger partial charge in [-0.2, -0.15) is 0 Å². The van der Waals surface area contributed by atoms with Crippen molar-refractivity contribution < 1.29 is 45.1 Å². The molecule has 0 aromatic heterocycles. The summed E-state index contributed by atoms with van der Waals surface area (Å²) in [4.78, 5) is 11.5. The molecule has 0 saturated heterocycles. The van der Waals surface area contributed by atoms with Crippen LogP contribution in [0, 0.1) is 11.8 Å². The van der Waals surface area contributed by atoms with Crippen molar-refractivity contribution >= 4 is 5.97 Å². The Morgan fingerprint density at radius 2 is 1.81 bits per heavy atom. The molecular formula is C26H41LiO5. The van der Waals surface area contributed by atoms with E-state index in [9.17, 15) is 20.1 Å². The number of hydrogen-bond acceptors (Lipinski definition) is 5. The number of allylic oxidation sites excluding steroid dienone is 2. The van der Waals surface area contributed by atoms with Crippen LogP contribution in [0.15, 0.2) is 42.5 Å². The molecule has 1 aromatic carbocycles. The van der Waals surface area contributed by atoms with Gasteiger partial charge in [-0.05, 0) is 82.6 Å². The summed E-state index contributed by atoms with van der Waals surface area (Å²) in [5.41, 5.74) is 1.22. The van der Waals surface area contributed by atoms with E-state index in [0.717, 1.165) is 19.3 Å². The van der Waals surface area contributed by atoms with Gasteiger partial charge in [-0.15, -0.1) is 0 Å². The fourth-order valence-electron chi connectivity index (χ4n) is 4.47. The number of aliphatic hydroxyl groups excluding tert-OH is 3. The molecule has 5 atom stereocenters. The van der Waals surface area contributed by atoms with Crippen LogP contribution < -0.4 is 18.9 Å². The first kappa shape index (κ1) is 28.9. The minimum absolute atomic E-state index is 0. The summed E-state index contributed by atoms with van der Waals surface area (Å²) in [7, 11) is 0. The Morgan fingerprint density at radius 3 is 2.50 bits per heavy atom. The van der Waals surface area contributed by atoms with Gasteiger partial charge in [-0.3, -0.25) is 4.79 Å². The summed E-state index contributed by atoms with van der Waals surface area (Å²) < 4.78 is 5.12. The van der Waals surface area contributed by atoms with Crippen molar-refractivity contribution in [2.45, 2.75) is 96.1 Å². The normalized spacial score (nSPS) is 23.9. The molecule has 2 rings (SSSR count). The van der Waals surface area contributed by atoms with E-state index in [2.05, 4.69) is 18.2 Å². The average molecular weight is 441 g/mol. The van der Waals surface area contributed by atoms with Gasteiger partial charge in [0.2, 0.25) is 0 Å². The van der Waals surface area contributed by atoms with Gasteiger partial charge in [0.05, 0.1) is 24.4 Å². The van der Waals surface area contributed by atoms with E-state index in [-0.39, 0.29) is 44.2 Å². The molecule has 6 heteroatoms. The third-order valence-electron chi connectivity index (χ3n) is 6.16. The zero-order chi connectivity index (χ0) is 22.6. The van der Waals surface area contributed by atoms with Crippen LogP contribution in [-0.2, 0) is 16.0 Å². The molecule has 1 aliphatic carbocycles. The first-order chi connectivity index (χ1) is 14.9. The number of carbonyl (C=O) groups excluding carboxylic acids is 1. The van der Waals surface area contributed by atoms with Crippen LogP contribution >= 0.6 is 0 Å². The van der Waals surface area contributed by atoms with Gasteiger partial charge < -0.3 is 21.5 Å². The van der Waals surface area contributed by atoms with Gasteiger partial charge in [0, 0.05) is 6.42 Å². The minimum Gasteiger partial charge on any atom is -1.00 e. The van der Waals surface area contributed by atoms with Crippen LogP contribution in [0.5, 0.6) is 0 Å². The molecular weight excluding hydrogens is 399 g/mol. The molecule has 1 aromatic rings. The number of aliphatic hydroxyl groups is 3. The Labute approximate surface area is 206 Å². The van der Waals surface area contributed by atoms with E-state index in [1.807, 2.05) is 38.1 Å². The van der Waals surface area contributed by atoms with Crippen molar-refractivity contribution in [2.75, 3.05) is 0 Å². The number of benzene rings is 1. The number of ether oxygens (including phenoxy) is 1. The summed E-state index contributed by atoms with van der Waals surface area (Å²) in [6, 6.07) is 10.1. The number of aryl methyl sites for hydroxylation is 1. The van der Waals surface area contributed by atoms with Crippen molar-refractivity contribution in [1.82, 2.24) is 0 Å². The molecule has 0 unspecified atom stereocenters. The molecule has 32 heavy (non-hydrogen) atoms. The zero-order valence-corrected chi connectivity index (χ0v) is 20.0. The number of carbonyl (C=O) groups is 1. The summed E-state index contributed by atoms with van der Waals surface area (Å²) in [5, 5.41) is 31.2. The van der Waals surface area contributed by atoms with Crippen LogP contribution in [0.4, 0.5) is 0 Å². The van der Waals surface area contributed by atoms with Crippen molar-refractivity contribution in [1.29, 1.82) is 0 Å². The average Bonchev–Trinajstić information content (AvgIpc) is 3.00. The van der Waals surface area contributed by atoms with Crippen molar-refractivity contribution in [2.24, 2.45) is 11.8 Å². The number of hydrogen-bond donors (Lipinski definition) is 3. The van der Waals surface area contributed by atoms with Gasteiger partial charge >= 0.3 is 24.8 Å². The molecule has 0 heterocycles. The van der Waals surface area contributed by atoms with Crippen LogP contribution in [0.2, 0.25) is 0 Å². The molecule has 0 radical (unpaired) electrons. The van der Waals surface area contributed by atoms with Crippen LogP contribution in [0.1, 0.15) is 72.2 Å². The third-order valence-corrected chi connectivity index (χ3v) is 6.16. The fourth-order valence-corrected chi connectivity index (χ4v) is 4.47. The summed E-state index contributed by atoms with van der Waals surface area (Å²) in [6.07, 6.45) is 8.58. The summed E-state index contributed by atoms with van der Waals surface area (Å²) >= 11 is 0. The second kappa shape index (κ2) is 15.7. The number of unbranched alkanes of at least 4 members (excludes halogenated alkanes) is 1. The van der Waals surface area contributed by atoms with E-state index in [1.165, 1.54) is 5.56 Å². The van der Waals surface area contributed by atoms with Crippen molar-refractivity contribution in [3.05, 3.63) is 48.0 Å². The molecule has 1 saturated carbocycles. The molecule has 3 N–H and O–H groups in total. The quantitative estimate of drug-likeness (QED) is 0.186. The molecule has 0 bridgehead atoms. The van der Waals surface area contributed by atoms with Crippen LogP contribution in [-0.4, -0.2) is 45.7 Å². The van der Waals surface area contributed by atoms with Crippen molar-refractivity contribution in [3.8, 4) is 0 Å². The minimum atomic E-state index is -0.513. The second-order valence-corrected chi connectivity index (χ2v) is 9.09. The predicted molar refractivity (Wildman–Crippen MR) is 124 cm³/mol. The molecule has 0 spiro atoms. The van der Waals surface area contributed by atoms with Gasteiger partial charge in [0.1, 0.15) is 0 Å². The van der Waals surface area contributed by atoms with E-state index >= 15 is 0 Å². The summed E-state index contributed by atoms with van der Waals surface area (Å²) in [6.45, 7) is 3.69. The van der Waals surface area contributed by atoms with Gasteiger partial charge in [-0.1, -0.05) is 42.5 Å². The van der Waals surface area contributed by atoms with Crippen molar-refractivity contribution in [3.63, 3.8) is 0 Å². The second-order valence-electron chi connectivity index (χ2n) is 9.09. The van der Waals surface area contributed by atoms with E-state index in [4.69, 9.17) is 4.74 Å². The Morgan fingerprint density at radius 1 is 1.12 bits per heavy atom. The van der Waals surface area contributed by atoms with Crippen LogP contribution in [0.25, 0.3) is 0 Å². The monoisotopic (exact) mass is 440 g/mol. The first-order valence-electron chi connectivity index (χ1n) is 11.8. The molecule has 0 amide bonds. The molecule has 5 nitrogen and oxygen atoms in total. The van der Waals surface area contributed by atoms with Gasteiger partial charge in [0.25, 0.3) is 0 Å². The maximum Gasteiger partial charge on any atom is 1.00 e. The largest absolute Gasteiger partial charge is 1.00 e. The number of rotatable bonds is 13. The Bertz CT molecular complexity index is 670. The smallest absolute Gasteiger partial charge is 1.00 e. The van der Waals surface area contributed by atoms with Gasteiger partial charge in [-0.25, -0.2) is 0 Å². The predicted octanol–water partition coefficient (Wildman–Crippen LogP) is 1.30. The standard InChI is InChI=1S/C26H40O5.Li.H/c1-19(2)31-26(30)13-9-4-3-8-12-22-23(25(29)18-24(22)28)17-16-21(27)15-14-20-10-6-5-7-11-20;;/h3,5-8,10-11,19,21-25,27-29H,4,9,12-18H2,1-2H3;;/q;+1;-1/b8-3-;;/t21-,22+,23+,24-,25+;;/m0../s1. The summed E-state index contributed by atoms with van der Waals surface area (Å²) in [5.74, 6) is -0.144. The molecule has 0 aliphatic heterocycles. The van der Waals surface area contributed by atoms with E-state index in [0.29, 0.717) is 38.5 Å². The molecule has 176 valence electrons. The van der Waals surface area contributed by atoms with Gasteiger partial charge in [0.15, 0.2) is 0 Å². The Balaban J connectivity index is 0.00000512. The van der Waals surface area contributed by atoms with E-state index in [1.54, 1.807) is 0 Å². The molecule has 1 fully saturated rings. The van der Waals surface area contributed by atoms with Crippen LogP contribution in [0.3, 0.4) is 0 Å². The topological polar surface area (TPSA) is 87.0 Å². The maximum atomic E-state index is 11.5.